The fourth-order valence-electron chi connectivity index (χ4n) is 1.68. The molecule has 0 saturated heterocycles. The van der Waals surface area contributed by atoms with E-state index in [-0.39, 0.29) is 0 Å². The van der Waals surface area contributed by atoms with Crippen LogP contribution >= 0.6 is 11.6 Å². The quantitative estimate of drug-likeness (QED) is 0.885. The van der Waals surface area contributed by atoms with Crippen LogP contribution in [-0.2, 0) is 0 Å². The molecule has 0 aliphatic carbocycles. The van der Waals surface area contributed by atoms with E-state index in [9.17, 15) is 0 Å². The highest BCUT2D eigenvalue weighted by Crippen LogP contribution is 2.25. The van der Waals surface area contributed by atoms with Crippen molar-refractivity contribution in [3.8, 4) is 11.8 Å². The summed E-state index contributed by atoms with van der Waals surface area (Å²) in [5, 5.41) is 12.8. The summed E-state index contributed by atoms with van der Waals surface area (Å²) in [6.45, 7) is 0.966. The Bertz CT molecular complexity index is 620. The Kier molecular flexibility index (Phi) is 4.83. The van der Waals surface area contributed by atoms with Crippen LogP contribution in [0.5, 0.6) is 5.75 Å². The van der Waals surface area contributed by atoms with E-state index in [1.807, 2.05) is 24.3 Å². The van der Waals surface area contributed by atoms with E-state index < -0.39 is 0 Å². The molecule has 0 aromatic heterocycles. The van der Waals surface area contributed by atoms with Crippen LogP contribution in [0.3, 0.4) is 0 Å². The summed E-state index contributed by atoms with van der Waals surface area (Å²) in [4.78, 5) is 0. The standard InChI is InChI=1S/C15H14ClN3O/c16-12-2-1-11(10-18)15(9-12)19-13-3-5-14(6-4-13)20-8-7-17/h1-6,9,19H,7-8,17H2. The van der Waals surface area contributed by atoms with Gasteiger partial charge in [-0.05, 0) is 42.5 Å². The number of hydrogen-bond acceptors (Lipinski definition) is 4. The van der Waals surface area contributed by atoms with Crippen molar-refractivity contribution in [2.45, 2.75) is 0 Å². The van der Waals surface area contributed by atoms with Gasteiger partial charge in [0.2, 0.25) is 0 Å². The van der Waals surface area contributed by atoms with Crippen LogP contribution < -0.4 is 15.8 Å². The predicted octanol–water partition coefficient (Wildman–Crippen LogP) is 3.29. The second-order valence-corrected chi connectivity index (χ2v) is 4.52. The van der Waals surface area contributed by atoms with Gasteiger partial charge in [0.25, 0.3) is 0 Å². The molecule has 4 nitrogen and oxygen atoms in total. The molecule has 3 N–H and O–H groups in total. The monoisotopic (exact) mass is 287 g/mol. The van der Waals surface area contributed by atoms with Crippen LogP contribution in [0.15, 0.2) is 42.5 Å². The Balaban J connectivity index is 2.14. The van der Waals surface area contributed by atoms with E-state index >= 15 is 0 Å². The SMILES string of the molecule is N#Cc1ccc(Cl)cc1Nc1ccc(OCCN)cc1. The predicted molar refractivity (Wildman–Crippen MR) is 80.4 cm³/mol. The molecule has 0 spiro atoms. The van der Waals surface area contributed by atoms with Gasteiger partial charge in [0.1, 0.15) is 18.4 Å². The minimum atomic E-state index is 0.480. The second-order valence-electron chi connectivity index (χ2n) is 4.09. The molecule has 0 amide bonds. The van der Waals surface area contributed by atoms with Gasteiger partial charge < -0.3 is 15.8 Å². The number of nitrogens with one attached hydrogen (secondary N) is 1. The van der Waals surface area contributed by atoms with E-state index in [1.54, 1.807) is 18.2 Å². The normalized spacial score (nSPS) is 9.85. The molecule has 0 bridgehead atoms. The third-order valence-corrected chi connectivity index (χ3v) is 2.86. The van der Waals surface area contributed by atoms with Gasteiger partial charge in [-0.2, -0.15) is 5.26 Å². The van der Waals surface area contributed by atoms with Gasteiger partial charge in [0, 0.05) is 17.3 Å². The van der Waals surface area contributed by atoms with Gasteiger partial charge in [-0.15, -0.1) is 0 Å². The van der Waals surface area contributed by atoms with Crippen LogP contribution in [0, 0.1) is 11.3 Å². The molecular formula is C15H14ClN3O. The maximum Gasteiger partial charge on any atom is 0.119 e. The van der Waals surface area contributed by atoms with Crippen molar-refractivity contribution in [2.24, 2.45) is 5.73 Å². The maximum absolute atomic E-state index is 9.06. The number of rotatable bonds is 5. The Morgan fingerprint density at radius 1 is 1.20 bits per heavy atom. The minimum absolute atomic E-state index is 0.480. The summed E-state index contributed by atoms with van der Waals surface area (Å²) >= 11 is 5.94. The lowest BCUT2D eigenvalue weighted by Gasteiger charge is -2.10. The number of hydrogen-bond donors (Lipinski definition) is 2. The first-order valence-electron chi connectivity index (χ1n) is 6.12. The molecule has 0 aliphatic rings. The number of nitrogens with two attached hydrogens (primary N) is 1. The summed E-state index contributed by atoms with van der Waals surface area (Å²) < 4.78 is 5.40. The molecule has 0 aliphatic heterocycles. The Morgan fingerprint density at radius 2 is 1.95 bits per heavy atom. The summed E-state index contributed by atoms with van der Waals surface area (Å²) in [7, 11) is 0. The molecule has 0 atom stereocenters. The van der Waals surface area contributed by atoms with E-state index in [0.717, 1.165) is 11.4 Å². The molecule has 0 radical (unpaired) electrons. The summed E-state index contributed by atoms with van der Waals surface area (Å²) in [5.74, 6) is 0.757. The third kappa shape index (κ3) is 3.64. The van der Waals surface area contributed by atoms with E-state index in [1.165, 1.54) is 0 Å². The van der Waals surface area contributed by atoms with E-state index in [0.29, 0.717) is 29.4 Å². The first kappa shape index (κ1) is 14.2. The number of nitrogens with zero attached hydrogens (tertiary/aromatic N) is 1. The zero-order valence-electron chi connectivity index (χ0n) is 10.8. The third-order valence-electron chi connectivity index (χ3n) is 2.62. The number of ether oxygens (including phenoxy) is 1. The highest BCUT2D eigenvalue weighted by atomic mass is 35.5. The van der Waals surface area contributed by atoms with Crippen LogP contribution in [0.2, 0.25) is 5.02 Å². The van der Waals surface area contributed by atoms with Crippen LogP contribution in [0.4, 0.5) is 11.4 Å². The summed E-state index contributed by atoms with van der Waals surface area (Å²) in [5.41, 5.74) is 7.44. The number of benzene rings is 2. The zero-order chi connectivity index (χ0) is 14.4. The lowest BCUT2D eigenvalue weighted by Crippen LogP contribution is -2.10. The van der Waals surface area contributed by atoms with Crippen molar-refractivity contribution in [3.05, 3.63) is 53.1 Å². The van der Waals surface area contributed by atoms with Crippen molar-refractivity contribution in [3.63, 3.8) is 0 Å². The Morgan fingerprint density at radius 3 is 2.60 bits per heavy atom. The molecule has 20 heavy (non-hydrogen) atoms. The molecule has 5 heteroatoms. The minimum Gasteiger partial charge on any atom is -0.492 e. The summed E-state index contributed by atoms with van der Waals surface area (Å²) in [6.07, 6.45) is 0. The van der Waals surface area contributed by atoms with Crippen molar-refractivity contribution < 1.29 is 4.74 Å². The molecule has 0 fully saturated rings. The van der Waals surface area contributed by atoms with Gasteiger partial charge in [-0.3, -0.25) is 0 Å². The van der Waals surface area contributed by atoms with Gasteiger partial charge >= 0.3 is 0 Å². The highest BCUT2D eigenvalue weighted by Gasteiger charge is 2.03. The maximum atomic E-state index is 9.06. The molecule has 2 rings (SSSR count). The lowest BCUT2D eigenvalue weighted by atomic mass is 10.2. The van der Waals surface area contributed by atoms with Crippen molar-refractivity contribution in [1.29, 1.82) is 5.26 Å². The molecule has 0 heterocycles. The van der Waals surface area contributed by atoms with Crippen molar-refractivity contribution in [2.75, 3.05) is 18.5 Å². The summed E-state index contributed by atoms with van der Waals surface area (Å²) in [6, 6.07) is 14.6. The molecule has 102 valence electrons. The first-order valence-corrected chi connectivity index (χ1v) is 6.50. The molecule has 0 saturated carbocycles. The van der Waals surface area contributed by atoms with Gasteiger partial charge in [-0.25, -0.2) is 0 Å². The van der Waals surface area contributed by atoms with Crippen molar-refractivity contribution in [1.82, 2.24) is 0 Å². The Hall–Kier alpha value is -2.22. The first-order chi connectivity index (χ1) is 9.72. The molecule has 2 aromatic carbocycles. The largest absolute Gasteiger partial charge is 0.492 e. The lowest BCUT2D eigenvalue weighted by molar-refractivity contribution is 0.328. The molecule has 2 aromatic rings. The van der Waals surface area contributed by atoms with E-state index in [4.69, 9.17) is 27.3 Å². The molecular weight excluding hydrogens is 274 g/mol. The fourth-order valence-corrected chi connectivity index (χ4v) is 1.86. The zero-order valence-corrected chi connectivity index (χ0v) is 11.5. The van der Waals surface area contributed by atoms with Crippen LogP contribution in [0.1, 0.15) is 5.56 Å². The van der Waals surface area contributed by atoms with Gasteiger partial charge in [0.15, 0.2) is 0 Å². The van der Waals surface area contributed by atoms with Crippen LogP contribution in [-0.4, -0.2) is 13.2 Å². The van der Waals surface area contributed by atoms with Gasteiger partial charge in [-0.1, -0.05) is 11.6 Å². The molecule has 0 unspecified atom stereocenters. The number of nitriles is 1. The fraction of sp³-hybridized carbons (Fsp3) is 0.133. The highest BCUT2D eigenvalue weighted by molar-refractivity contribution is 6.30. The number of anilines is 2. The second kappa shape index (κ2) is 6.80. The number of halogens is 1. The van der Waals surface area contributed by atoms with E-state index in [2.05, 4.69) is 11.4 Å². The average molecular weight is 288 g/mol. The van der Waals surface area contributed by atoms with Gasteiger partial charge in [0.05, 0.1) is 11.3 Å². The van der Waals surface area contributed by atoms with Crippen LogP contribution in [0.25, 0.3) is 0 Å². The topological polar surface area (TPSA) is 71.1 Å². The Labute approximate surface area is 122 Å². The average Bonchev–Trinajstić information content (AvgIpc) is 2.47. The smallest absolute Gasteiger partial charge is 0.119 e. The van der Waals surface area contributed by atoms with Crippen molar-refractivity contribution >= 4 is 23.0 Å².